The molecule has 2 atom stereocenters. The van der Waals surface area contributed by atoms with Gasteiger partial charge in [0.05, 0.1) is 17.4 Å². The number of hydrogen-bond donors (Lipinski definition) is 5. The van der Waals surface area contributed by atoms with Crippen LogP contribution in [-0.4, -0.2) is 28.1 Å². The molecule has 0 saturated carbocycles. The van der Waals surface area contributed by atoms with Gasteiger partial charge in [-0.05, 0) is 12.1 Å². The number of carbonyl (C=O) groups is 2. The van der Waals surface area contributed by atoms with Gasteiger partial charge in [-0.1, -0.05) is 0 Å². The minimum absolute atomic E-state index is 0.299. The van der Waals surface area contributed by atoms with Crippen LogP contribution in [0, 0.1) is 0 Å². The molecule has 2 amide bonds. The third kappa shape index (κ3) is 3.49. The summed E-state index contributed by atoms with van der Waals surface area (Å²) in [6.45, 7) is 0. The summed E-state index contributed by atoms with van der Waals surface area (Å²) >= 11 is 0.975. The summed E-state index contributed by atoms with van der Waals surface area (Å²) < 4.78 is 0. The molecule has 0 aliphatic rings. The minimum atomic E-state index is -1.29. The Morgan fingerprint density at radius 1 is 1.41 bits per heavy atom. The van der Waals surface area contributed by atoms with Crippen molar-refractivity contribution in [2.45, 2.75) is 18.6 Å². The molecule has 1 heterocycles. The maximum atomic E-state index is 11.2. The highest BCUT2D eigenvalue weighted by Crippen LogP contribution is 2.26. The Kier molecular flexibility index (Phi) is 4.58. The summed E-state index contributed by atoms with van der Waals surface area (Å²) in [6, 6.07) is 2.94. The van der Waals surface area contributed by atoms with E-state index in [9.17, 15) is 19.8 Å². The fourth-order valence-corrected chi connectivity index (χ4v) is 2.17. The number of rotatable bonds is 5. The van der Waals surface area contributed by atoms with Crippen molar-refractivity contribution in [2.75, 3.05) is 0 Å². The molecule has 2 unspecified atom stereocenters. The molecule has 0 spiro atoms. The van der Waals surface area contributed by atoms with E-state index in [0.717, 1.165) is 11.3 Å². The van der Waals surface area contributed by atoms with Crippen molar-refractivity contribution < 1.29 is 19.8 Å². The summed E-state index contributed by atoms with van der Waals surface area (Å²) in [5, 5.41) is 19.2. The first kappa shape index (κ1) is 13.6. The van der Waals surface area contributed by atoms with E-state index in [1.165, 1.54) is 12.1 Å². The fourth-order valence-electron chi connectivity index (χ4n) is 1.21. The average Bonchev–Trinajstić information content (AvgIpc) is 2.75. The lowest BCUT2D eigenvalue weighted by Gasteiger charge is -2.14. The SMILES string of the molecule is NNC(=O)c1ccc(C(O)C(O)CC(N)=O)s1. The molecule has 1 aromatic heterocycles. The van der Waals surface area contributed by atoms with Gasteiger partial charge in [-0.25, -0.2) is 5.84 Å². The molecule has 7 nitrogen and oxygen atoms in total. The first-order chi connectivity index (χ1) is 7.95. The van der Waals surface area contributed by atoms with Gasteiger partial charge >= 0.3 is 0 Å². The number of nitrogens with one attached hydrogen (secondary N) is 1. The number of hydrazine groups is 1. The van der Waals surface area contributed by atoms with Crippen LogP contribution >= 0.6 is 11.3 Å². The lowest BCUT2D eigenvalue weighted by Crippen LogP contribution is -2.29. The molecule has 0 aliphatic carbocycles. The van der Waals surface area contributed by atoms with Crippen LogP contribution in [0.15, 0.2) is 12.1 Å². The zero-order valence-corrected chi connectivity index (χ0v) is 9.61. The zero-order valence-electron chi connectivity index (χ0n) is 8.79. The Balaban J connectivity index is 2.75. The number of carbonyl (C=O) groups excluding carboxylic acids is 2. The molecular weight excluding hydrogens is 246 g/mol. The number of aliphatic hydroxyl groups is 2. The smallest absolute Gasteiger partial charge is 0.275 e. The molecule has 0 saturated heterocycles. The van der Waals surface area contributed by atoms with Gasteiger partial charge in [-0.15, -0.1) is 11.3 Å². The highest BCUT2D eigenvalue weighted by Gasteiger charge is 2.22. The summed E-state index contributed by atoms with van der Waals surface area (Å²) in [7, 11) is 0. The number of nitrogens with two attached hydrogens (primary N) is 2. The van der Waals surface area contributed by atoms with Crippen molar-refractivity contribution in [3.63, 3.8) is 0 Å². The number of nitrogen functional groups attached to an aromatic ring is 1. The highest BCUT2D eigenvalue weighted by molar-refractivity contribution is 7.14. The molecule has 0 fully saturated rings. The second kappa shape index (κ2) is 5.73. The van der Waals surface area contributed by atoms with E-state index in [2.05, 4.69) is 0 Å². The van der Waals surface area contributed by atoms with E-state index in [4.69, 9.17) is 11.6 Å². The van der Waals surface area contributed by atoms with Gasteiger partial charge in [0.15, 0.2) is 0 Å². The van der Waals surface area contributed by atoms with Crippen LogP contribution in [0.1, 0.15) is 27.1 Å². The van der Waals surface area contributed by atoms with Crippen LogP contribution in [0.3, 0.4) is 0 Å². The summed E-state index contributed by atoms with van der Waals surface area (Å²) in [5.41, 5.74) is 6.85. The number of primary amides is 1. The van der Waals surface area contributed by atoms with E-state index in [1.54, 1.807) is 0 Å². The molecule has 17 heavy (non-hydrogen) atoms. The van der Waals surface area contributed by atoms with Crippen molar-refractivity contribution in [1.29, 1.82) is 0 Å². The predicted octanol–water partition coefficient (Wildman–Crippen LogP) is -1.38. The van der Waals surface area contributed by atoms with Crippen molar-refractivity contribution in [3.8, 4) is 0 Å². The van der Waals surface area contributed by atoms with E-state index < -0.39 is 24.0 Å². The van der Waals surface area contributed by atoms with Gasteiger partial charge in [0.25, 0.3) is 5.91 Å². The largest absolute Gasteiger partial charge is 0.389 e. The van der Waals surface area contributed by atoms with Gasteiger partial charge in [0, 0.05) is 4.88 Å². The van der Waals surface area contributed by atoms with Gasteiger partial charge in [-0.2, -0.15) is 0 Å². The van der Waals surface area contributed by atoms with Gasteiger partial charge in [-0.3, -0.25) is 15.0 Å². The first-order valence-electron chi connectivity index (χ1n) is 4.70. The molecule has 0 aliphatic heterocycles. The maximum Gasteiger partial charge on any atom is 0.275 e. The van der Waals surface area contributed by atoms with E-state index in [-0.39, 0.29) is 6.42 Å². The highest BCUT2D eigenvalue weighted by atomic mass is 32.1. The van der Waals surface area contributed by atoms with E-state index >= 15 is 0 Å². The third-order valence-electron chi connectivity index (χ3n) is 2.05. The van der Waals surface area contributed by atoms with Gasteiger partial charge < -0.3 is 15.9 Å². The van der Waals surface area contributed by atoms with Crippen LogP contribution in [0.25, 0.3) is 0 Å². The molecule has 1 rings (SSSR count). The number of hydrogen-bond acceptors (Lipinski definition) is 6. The Bertz CT molecular complexity index is 420. The fraction of sp³-hybridized carbons (Fsp3) is 0.333. The summed E-state index contributed by atoms with van der Waals surface area (Å²) in [5.74, 6) is 3.75. The predicted molar refractivity (Wildman–Crippen MR) is 60.8 cm³/mol. The lowest BCUT2D eigenvalue weighted by atomic mass is 10.1. The van der Waals surface area contributed by atoms with Crippen LogP contribution in [0.4, 0.5) is 0 Å². The molecule has 7 N–H and O–H groups in total. The number of amides is 2. The molecule has 94 valence electrons. The summed E-state index contributed by atoms with van der Waals surface area (Å²) in [6.07, 6.45) is -2.90. The van der Waals surface area contributed by atoms with Crippen LogP contribution in [0.2, 0.25) is 0 Å². The Hall–Kier alpha value is -1.48. The van der Waals surface area contributed by atoms with Crippen molar-refractivity contribution >= 4 is 23.2 Å². The van der Waals surface area contributed by atoms with Crippen LogP contribution in [-0.2, 0) is 4.79 Å². The monoisotopic (exact) mass is 259 g/mol. The van der Waals surface area contributed by atoms with Crippen LogP contribution < -0.4 is 17.0 Å². The molecule has 1 aromatic rings. The van der Waals surface area contributed by atoms with E-state index in [1.807, 2.05) is 5.43 Å². The number of thiophene rings is 1. The average molecular weight is 259 g/mol. The molecular formula is C9H13N3O4S. The standard InChI is InChI=1S/C9H13N3O4S/c10-7(14)3-4(13)8(15)5-1-2-6(17-5)9(16)12-11/h1-2,4,8,13,15H,3,11H2,(H2,10,14)(H,12,16). The molecule has 0 aromatic carbocycles. The van der Waals surface area contributed by atoms with Crippen molar-refractivity contribution in [2.24, 2.45) is 11.6 Å². The molecule has 8 heteroatoms. The van der Waals surface area contributed by atoms with Crippen LogP contribution in [0.5, 0.6) is 0 Å². The Morgan fingerprint density at radius 2 is 2.06 bits per heavy atom. The zero-order chi connectivity index (χ0) is 13.0. The minimum Gasteiger partial charge on any atom is -0.389 e. The van der Waals surface area contributed by atoms with Crippen molar-refractivity contribution in [1.82, 2.24) is 5.43 Å². The Labute approximate surface area is 101 Å². The first-order valence-corrected chi connectivity index (χ1v) is 5.52. The number of aliphatic hydroxyl groups excluding tert-OH is 2. The van der Waals surface area contributed by atoms with E-state index in [0.29, 0.717) is 9.75 Å². The second-order valence-electron chi connectivity index (χ2n) is 3.36. The normalized spacial score (nSPS) is 14.1. The quantitative estimate of drug-likeness (QED) is 0.252. The lowest BCUT2D eigenvalue weighted by molar-refractivity contribution is -0.121. The summed E-state index contributed by atoms with van der Waals surface area (Å²) in [4.78, 5) is 22.4. The Morgan fingerprint density at radius 3 is 2.59 bits per heavy atom. The van der Waals surface area contributed by atoms with Crippen molar-refractivity contribution in [3.05, 3.63) is 21.9 Å². The third-order valence-corrected chi connectivity index (χ3v) is 3.20. The van der Waals surface area contributed by atoms with Gasteiger partial charge in [0.1, 0.15) is 6.10 Å². The second-order valence-corrected chi connectivity index (χ2v) is 4.47. The molecule has 0 radical (unpaired) electrons. The molecule has 0 bridgehead atoms. The maximum absolute atomic E-state index is 11.2. The topological polar surface area (TPSA) is 139 Å². The van der Waals surface area contributed by atoms with Gasteiger partial charge in [0.2, 0.25) is 5.91 Å².